The fourth-order valence-corrected chi connectivity index (χ4v) is 2.69. The average molecular weight is 352 g/mol. The number of hydrogen-bond donors (Lipinski definition) is 1. The number of carbonyl (C=O) groups excluding carboxylic acids is 1. The highest BCUT2D eigenvalue weighted by Gasteiger charge is 2.16. The molecule has 1 aromatic heterocycles. The largest absolute Gasteiger partial charge is 0.378 e. The summed E-state index contributed by atoms with van der Waals surface area (Å²) in [7, 11) is 3.96. The number of benzene rings is 2. The monoisotopic (exact) mass is 352 g/mol. The Morgan fingerprint density at radius 2 is 1.85 bits per heavy atom. The van der Waals surface area contributed by atoms with Gasteiger partial charge in [0, 0.05) is 26.3 Å². The van der Waals surface area contributed by atoms with E-state index in [4.69, 9.17) is 0 Å². The molecule has 26 heavy (non-hydrogen) atoms. The number of aromatic nitrogens is 2. The molecule has 0 atom stereocenters. The zero-order valence-corrected chi connectivity index (χ0v) is 15.0. The summed E-state index contributed by atoms with van der Waals surface area (Å²) in [6.07, 6.45) is 1.46. The molecular formula is C20H21FN4O. The highest BCUT2D eigenvalue weighted by atomic mass is 19.1. The van der Waals surface area contributed by atoms with Crippen LogP contribution in [-0.4, -0.2) is 29.8 Å². The Bertz CT molecular complexity index is 916. The van der Waals surface area contributed by atoms with E-state index in [0.29, 0.717) is 23.5 Å². The second-order valence-corrected chi connectivity index (χ2v) is 6.25. The van der Waals surface area contributed by atoms with E-state index in [1.165, 1.54) is 16.9 Å². The van der Waals surface area contributed by atoms with Crippen LogP contribution in [0.4, 0.5) is 10.1 Å². The molecule has 1 N–H and O–H groups in total. The first-order valence-electron chi connectivity index (χ1n) is 8.31. The average Bonchev–Trinajstić information content (AvgIpc) is 3.02. The molecule has 0 aliphatic heterocycles. The normalized spacial score (nSPS) is 10.6. The quantitative estimate of drug-likeness (QED) is 0.766. The lowest BCUT2D eigenvalue weighted by molar-refractivity contribution is 0.0950. The number of anilines is 1. The van der Waals surface area contributed by atoms with Crippen molar-refractivity contribution in [2.24, 2.45) is 0 Å². The molecule has 0 radical (unpaired) electrons. The zero-order chi connectivity index (χ0) is 18.7. The van der Waals surface area contributed by atoms with Crippen LogP contribution in [-0.2, 0) is 6.54 Å². The van der Waals surface area contributed by atoms with E-state index in [1.54, 1.807) is 25.1 Å². The third-order valence-electron chi connectivity index (χ3n) is 4.24. The molecule has 5 nitrogen and oxygen atoms in total. The lowest BCUT2D eigenvalue weighted by atomic mass is 10.2. The number of para-hydroxylation sites is 1. The van der Waals surface area contributed by atoms with Crippen LogP contribution in [0.2, 0.25) is 0 Å². The smallest absolute Gasteiger partial charge is 0.255 e. The molecule has 0 fully saturated rings. The van der Waals surface area contributed by atoms with E-state index in [1.807, 2.05) is 43.3 Å². The van der Waals surface area contributed by atoms with Gasteiger partial charge in [-0.05, 0) is 36.8 Å². The molecule has 3 rings (SSSR count). The molecule has 0 saturated heterocycles. The van der Waals surface area contributed by atoms with Crippen LogP contribution >= 0.6 is 0 Å². The molecule has 0 unspecified atom stereocenters. The Labute approximate surface area is 152 Å². The first kappa shape index (κ1) is 17.7. The van der Waals surface area contributed by atoms with Crippen molar-refractivity contribution in [2.45, 2.75) is 13.5 Å². The standard InChI is InChI=1S/C20H21FN4O/c1-14-17(13-23-25(14)19-7-5-4-6-18(19)21)20(26)22-12-15-8-10-16(11-9-15)24(2)3/h4-11,13H,12H2,1-3H3,(H,22,26). The number of nitrogens with zero attached hydrogens (tertiary/aromatic N) is 3. The lowest BCUT2D eigenvalue weighted by Gasteiger charge is -2.13. The van der Waals surface area contributed by atoms with Crippen molar-refractivity contribution < 1.29 is 9.18 Å². The van der Waals surface area contributed by atoms with Crippen LogP contribution in [0.15, 0.2) is 54.7 Å². The molecule has 134 valence electrons. The molecule has 6 heteroatoms. The van der Waals surface area contributed by atoms with Gasteiger partial charge in [-0.25, -0.2) is 9.07 Å². The Kier molecular flexibility index (Phi) is 5.02. The summed E-state index contributed by atoms with van der Waals surface area (Å²) in [6, 6.07) is 14.3. The molecule has 1 amide bonds. The van der Waals surface area contributed by atoms with Gasteiger partial charge >= 0.3 is 0 Å². The van der Waals surface area contributed by atoms with Crippen molar-refractivity contribution >= 4 is 11.6 Å². The topological polar surface area (TPSA) is 50.2 Å². The summed E-state index contributed by atoms with van der Waals surface area (Å²) in [4.78, 5) is 14.5. The Morgan fingerprint density at radius 1 is 1.15 bits per heavy atom. The van der Waals surface area contributed by atoms with E-state index >= 15 is 0 Å². The van der Waals surface area contributed by atoms with Gasteiger partial charge in [-0.3, -0.25) is 4.79 Å². The molecule has 1 heterocycles. The van der Waals surface area contributed by atoms with E-state index in [-0.39, 0.29) is 11.7 Å². The van der Waals surface area contributed by atoms with Gasteiger partial charge in [0.05, 0.1) is 17.5 Å². The third kappa shape index (κ3) is 3.59. The van der Waals surface area contributed by atoms with Crippen molar-refractivity contribution in [2.75, 3.05) is 19.0 Å². The third-order valence-corrected chi connectivity index (χ3v) is 4.24. The van der Waals surface area contributed by atoms with Crippen LogP contribution in [0.5, 0.6) is 0 Å². The first-order valence-corrected chi connectivity index (χ1v) is 8.31. The van der Waals surface area contributed by atoms with E-state index in [2.05, 4.69) is 10.4 Å². The summed E-state index contributed by atoms with van der Waals surface area (Å²) in [5.74, 6) is -0.617. The van der Waals surface area contributed by atoms with Crippen molar-refractivity contribution in [1.29, 1.82) is 0 Å². The number of nitrogens with one attached hydrogen (secondary N) is 1. The fraction of sp³-hybridized carbons (Fsp3) is 0.200. The molecule has 0 spiro atoms. The highest BCUT2D eigenvalue weighted by molar-refractivity contribution is 5.95. The summed E-state index contributed by atoms with van der Waals surface area (Å²) in [5, 5.41) is 7.05. The highest BCUT2D eigenvalue weighted by Crippen LogP contribution is 2.17. The minimum Gasteiger partial charge on any atom is -0.378 e. The zero-order valence-electron chi connectivity index (χ0n) is 15.0. The Morgan fingerprint density at radius 3 is 2.50 bits per heavy atom. The molecule has 3 aromatic rings. The Balaban J connectivity index is 1.72. The Hall–Kier alpha value is -3.15. The maximum atomic E-state index is 14.0. The fourth-order valence-electron chi connectivity index (χ4n) is 2.69. The maximum absolute atomic E-state index is 14.0. The SMILES string of the molecule is Cc1c(C(=O)NCc2ccc(N(C)C)cc2)cnn1-c1ccccc1F. The summed E-state index contributed by atoms with van der Waals surface area (Å²) in [6.45, 7) is 2.16. The molecule has 2 aromatic carbocycles. The van der Waals surface area contributed by atoms with Gasteiger partial charge in [-0.1, -0.05) is 24.3 Å². The van der Waals surface area contributed by atoms with Crippen LogP contribution in [0, 0.1) is 12.7 Å². The van der Waals surface area contributed by atoms with Gasteiger partial charge in [0.1, 0.15) is 11.5 Å². The predicted molar refractivity (Wildman–Crippen MR) is 100 cm³/mol. The number of amides is 1. The maximum Gasteiger partial charge on any atom is 0.255 e. The molecule has 0 aliphatic carbocycles. The molecule has 0 bridgehead atoms. The van der Waals surface area contributed by atoms with Crippen molar-refractivity contribution in [3.8, 4) is 5.69 Å². The van der Waals surface area contributed by atoms with Gasteiger partial charge in [-0.2, -0.15) is 5.10 Å². The van der Waals surface area contributed by atoms with Gasteiger partial charge in [-0.15, -0.1) is 0 Å². The van der Waals surface area contributed by atoms with Gasteiger partial charge in [0.2, 0.25) is 0 Å². The number of rotatable bonds is 5. The van der Waals surface area contributed by atoms with Crippen LogP contribution < -0.4 is 10.2 Å². The van der Waals surface area contributed by atoms with Crippen LogP contribution in [0.25, 0.3) is 5.69 Å². The van der Waals surface area contributed by atoms with E-state index in [0.717, 1.165) is 11.3 Å². The van der Waals surface area contributed by atoms with Crippen molar-refractivity contribution in [3.63, 3.8) is 0 Å². The number of carbonyl (C=O) groups is 1. The first-order chi connectivity index (χ1) is 12.5. The molecular weight excluding hydrogens is 331 g/mol. The van der Waals surface area contributed by atoms with Crippen LogP contribution in [0.1, 0.15) is 21.6 Å². The summed E-state index contributed by atoms with van der Waals surface area (Å²) >= 11 is 0. The molecule has 0 aliphatic rings. The van der Waals surface area contributed by atoms with Crippen molar-refractivity contribution in [1.82, 2.24) is 15.1 Å². The predicted octanol–water partition coefficient (Wildman–Crippen LogP) is 3.32. The molecule has 0 saturated carbocycles. The van der Waals surface area contributed by atoms with Gasteiger partial charge in [0.15, 0.2) is 0 Å². The number of hydrogen-bond acceptors (Lipinski definition) is 3. The minimum absolute atomic E-state index is 0.234. The second-order valence-electron chi connectivity index (χ2n) is 6.25. The number of halogens is 1. The van der Waals surface area contributed by atoms with E-state index < -0.39 is 0 Å². The van der Waals surface area contributed by atoms with Gasteiger partial charge < -0.3 is 10.2 Å². The summed E-state index contributed by atoms with van der Waals surface area (Å²) in [5.41, 5.74) is 3.45. The summed E-state index contributed by atoms with van der Waals surface area (Å²) < 4.78 is 15.4. The minimum atomic E-state index is -0.383. The second kappa shape index (κ2) is 7.39. The van der Waals surface area contributed by atoms with Crippen LogP contribution in [0.3, 0.4) is 0 Å². The lowest BCUT2D eigenvalue weighted by Crippen LogP contribution is -2.23. The van der Waals surface area contributed by atoms with Crippen molar-refractivity contribution in [3.05, 3.63) is 77.4 Å². The van der Waals surface area contributed by atoms with E-state index in [9.17, 15) is 9.18 Å². The van der Waals surface area contributed by atoms with Gasteiger partial charge in [0.25, 0.3) is 5.91 Å².